The summed E-state index contributed by atoms with van der Waals surface area (Å²) in [5.41, 5.74) is 0.728. The third-order valence-corrected chi connectivity index (χ3v) is 3.55. The van der Waals surface area contributed by atoms with Crippen molar-refractivity contribution in [3.05, 3.63) is 58.4 Å². The molecule has 0 spiro atoms. The van der Waals surface area contributed by atoms with Gasteiger partial charge in [0.1, 0.15) is 11.6 Å². The number of benzene rings is 1. The van der Waals surface area contributed by atoms with E-state index in [1.54, 1.807) is 30.6 Å². The van der Waals surface area contributed by atoms with Gasteiger partial charge in [-0.25, -0.2) is 4.79 Å². The molecule has 0 aliphatic carbocycles. The summed E-state index contributed by atoms with van der Waals surface area (Å²) in [6.45, 7) is 3.34. The highest BCUT2D eigenvalue weighted by Crippen LogP contribution is 2.31. The molecule has 2 aromatic rings. The Bertz CT molecular complexity index is 871. The molecule has 0 saturated heterocycles. The van der Waals surface area contributed by atoms with E-state index in [9.17, 15) is 18.0 Å². The van der Waals surface area contributed by atoms with Crippen LogP contribution < -0.4 is 0 Å². The van der Waals surface area contributed by atoms with Gasteiger partial charge in [-0.2, -0.15) is 18.4 Å². The van der Waals surface area contributed by atoms with E-state index in [1.165, 1.54) is 18.2 Å². The van der Waals surface area contributed by atoms with Crippen LogP contribution in [0.1, 0.15) is 22.5 Å². The molecule has 7 heteroatoms. The zero-order chi connectivity index (χ0) is 18.1. The van der Waals surface area contributed by atoms with Crippen LogP contribution in [0.4, 0.5) is 13.2 Å². The minimum atomic E-state index is -4.45. The van der Waals surface area contributed by atoms with Crippen LogP contribution in [0.25, 0.3) is 11.8 Å². The number of hydrogen-bond acceptors (Lipinski definition) is 2. The molecule has 4 nitrogen and oxygen atoms in total. The number of hydrogen-bond donors (Lipinski definition) is 1. The van der Waals surface area contributed by atoms with Crippen molar-refractivity contribution in [2.75, 3.05) is 0 Å². The average molecular weight is 334 g/mol. The summed E-state index contributed by atoms with van der Waals surface area (Å²) in [6, 6.07) is 8.05. The summed E-state index contributed by atoms with van der Waals surface area (Å²) in [5, 5.41) is 17.8. The second-order valence-corrected chi connectivity index (χ2v) is 5.18. The van der Waals surface area contributed by atoms with Crippen LogP contribution in [0.3, 0.4) is 0 Å². The molecule has 1 heterocycles. The molecule has 1 N–H and O–H groups in total. The van der Waals surface area contributed by atoms with Gasteiger partial charge in [-0.1, -0.05) is 6.07 Å². The van der Waals surface area contributed by atoms with E-state index in [0.29, 0.717) is 22.6 Å². The minimum Gasteiger partial charge on any atom is -0.477 e. The van der Waals surface area contributed by atoms with Crippen molar-refractivity contribution >= 4 is 12.0 Å². The highest BCUT2D eigenvalue weighted by molar-refractivity contribution is 5.96. The molecule has 1 aromatic heterocycles. The summed E-state index contributed by atoms with van der Waals surface area (Å²) >= 11 is 0. The van der Waals surface area contributed by atoms with Crippen molar-refractivity contribution < 1.29 is 23.1 Å². The number of carboxylic acid groups (broad SMARTS) is 1. The van der Waals surface area contributed by atoms with Crippen LogP contribution in [-0.4, -0.2) is 15.6 Å². The molecule has 1 aromatic carbocycles. The SMILES string of the molecule is Cc1cc(/C=C(\C#N)C(=O)O)c(C)n1-c1cccc(C(F)(F)F)c1. The molecular weight excluding hydrogens is 321 g/mol. The Morgan fingerprint density at radius 3 is 2.50 bits per heavy atom. The lowest BCUT2D eigenvalue weighted by atomic mass is 10.1. The van der Waals surface area contributed by atoms with Gasteiger partial charge in [0, 0.05) is 17.1 Å². The standard InChI is InChI=1S/C17H13F3N2O2/c1-10-6-12(7-13(9-21)16(23)24)11(2)22(10)15-5-3-4-14(8-15)17(18,19)20/h3-8H,1-2H3,(H,23,24)/b13-7+. The monoisotopic (exact) mass is 334 g/mol. The Kier molecular flexibility index (Phi) is 4.51. The molecule has 0 aliphatic heterocycles. The first-order valence-electron chi connectivity index (χ1n) is 6.87. The first kappa shape index (κ1) is 17.3. The number of aliphatic carboxylic acids is 1. The summed E-state index contributed by atoms with van der Waals surface area (Å²) in [5.74, 6) is -1.36. The Hall–Kier alpha value is -3.01. The lowest BCUT2D eigenvalue weighted by Gasteiger charge is -2.13. The molecule has 0 radical (unpaired) electrons. The second kappa shape index (κ2) is 6.24. The van der Waals surface area contributed by atoms with Crippen molar-refractivity contribution in [1.82, 2.24) is 4.57 Å². The van der Waals surface area contributed by atoms with E-state index in [1.807, 2.05) is 0 Å². The fourth-order valence-corrected chi connectivity index (χ4v) is 2.45. The maximum atomic E-state index is 12.9. The van der Waals surface area contributed by atoms with Crippen molar-refractivity contribution in [1.29, 1.82) is 5.26 Å². The van der Waals surface area contributed by atoms with Gasteiger partial charge in [0.05, 0.1) is 5.56 Å². The molecule has 0 amide bonds. The Labute approximate surface area is 136 Å². The highest BCUT2D eigenvalue weighted by Gasteiger charge is 2.30. The van der Waals surface area contributed by atoms with Gasteiger partial charge in [-0.05, 0) is 49.8 Å². The molecule has 0 bridgehead atoms. The molecule has 0 atom stereocenters. The number of nitriles is 1. The van der Waals surface area contributed by atoms with Crippen LogP contribution in [0, 0.1) is 25.2 Å². The fraction of sp³-hybridized carbons (Fsp3) is 0.176. The third kappa shape index (κ3) is 3.33. The average Bonchev–Trinajstić information content (AvgIpc) is 2.77. The highest BCUT2D eigenvalue weighted by atomic mass is 19.4. The van der Waals surface area contributed by atoms with E-state index < -0.39 is 23.3 Å². The smallest absolute Gasteiger partial charge is 0.416 e. The van der Waals surface area contributed by atoms with Gasteiger partial charge in [-0.15, -0.1) is 0 Å². The topological polar surface area (TPSA) is 66.0 Å². The molecule has 124 valence electrons. The number of aromatic nitrogens is 1. The first-order valence-corrected chi connectivity index (χ1v) is 6.87. The van der Waals surface area contributed by atoms with E-state index in [2.05, 4.69) is 0 Å². The summed E-state index contributed by atoms with van der Waals surface area (Å²) in [6.07, 6.45) is -3.25. The lowest BCUT2D eigenvalue weighted by molar-refractivity contribution is -0.137. The van der Waals surface area contributed by atoms with Gasteiger partial charge in [0.15, 0.2) is 0 Å². The van der Waals surface area contributed by atoms with Crippen molar-refractivity contribution in [3.63, 3.8) is 0 Å². The Morgan fingerprint density at radius 2 is 1.96 bits per heavy atom. The van der Waals surface area contributed by atoms with Crippen LogP contribution in [0.5, 0.6) is 0 Å². The molecule has 24 heavy (non-hydrogen) atoms. The zero-order valence-electron chi connectivity index (χ0n) is 12.8. The molecule has 0 aliphatic rings. The van der Waals surface area contributed by atoms with E-state index in [-0.39, 0.29) is 0 Å². The quantitative estimate of drug-likeness (QED) is 0.679. The van der Waals surface area contributed by atoms with Gasteiger partial charge >= 0.3 is 12.1 Å². The summed E-state index contributed by atoms with van der Waals surface area (Å²) in [7, 11) is 0. The predicted molar refractivity (Wildman–Crippen MR) is 81.5 cm³/mol. The second-order valence-electron chi connectivity index (χ2n) is 5.18. The number of rotatable bonds is 3. The predicted octanol–water partition coefficient (Wildman–Crippen LogP) is 4.10. The Morgan fingerprint density at radius 1 is 1.29 bits per heavy atom. The van der Waals surface area contributed by atoms with Crippen LogP contribution in [-0.2, 0) is 11.0 Å². The van der Waals surface area contributed by atoms with Crippen molar-refractivity contribution in [2.45, 2.75) is 20.0 Å². The maximum Gasteiger partial charge on any atom is 0.416 e. The van der Waals surface area contributed by atoms with Gasteiger partial charge in [0.2, 0.25) is 0 Å². The molecular formula is C17H13F3N2O2. The van der Waals surface area contributed by atoms with E-state index in [4.69, 9.17) is 10.4 Å². The van der Waals surface area contributed by atoms with Gasteiger partial charge in [-0.3, -0.25) is 0 Å². The summed E-state index contributed by atoms with van der Waals surface area (Å²) < 4.78 is 40.2. The van der Waals surface area contributed by atoms with Gasteiger partial charge < -0.3 is 9.67 Å². The number of carboxylic acids is 1. The maximum absolute atomic E-state index is 12.9. The largest absolute Gasteiger partial charge is 0.477 e. The van der Waals surface area contributed by atoms with Crippen LogP contribution in [0.15, 0.2) is 35.9 Å². The fourth-order valence-electron chi connectivity index (χ4n) is 2.45. The van der Waals surface area contributed by atoms with Crippen molar-refractivity contribution in [2.24, 2.45) is 0 Å². The summed E-state index contributed by atoms with van der Waals surface area (Å²) in [4.78, 5) is 10.9. The number of alkyl halides is 3. The van der Waals surface area contributed by atoms with Crippen LogP contribution >= 0.6 is 0 Å². The third-order valence-electron chi connectivity index (χ3n) is 3.55. The lowest BCUT2D eigenvalue weighted by Crippen LogP contribution is -2.07. The number of nitrogens with zero attached hydrogens (tertiary/aromatic N) is 2. The van der Waals surface area contributed by atoms with Crippen LogP contribution in [0.2, 0.25) is 0 Å². The number of carbonyl (C=O) groups is 1. The first-order chi connectivity index (χ1) is 11.1. The Balaban J connectivity index is 2.59. The molecule has 0 unspecified atom stereocenters. The minimum absolute atomic E-state index is 0.313. The zero-order valence-corrected chi connectivity index (χ0v) is 12.8. The van der Waals surface area contributed by atoms with E-state index in [0.717, 1.165) is 12.1 Å². The molecule has 0 fully saturated rings. The number of aryl methyl sites for hydroxylation is 1. The normalized spacial score (nSPS) is 12.1. The molecule has 0 saturated carbocycles. The van der Waals surface area contributed by atoms with Gasteiger partial charge in [0.25, 0.3) is 0 Å². The molecule has 2 rings (SSSR count). The number of halogens is 3. The van der Waals surface area contributed by atoms with Crippen molar-refractivity contribution in [3.8, 4) is 11.8 Å². The van der Waals surface area contributed by atoms with E-state index >= 15 is 0 Å².